The van der Waals surface area contributed by atoms with E-state index in [0.29, 0.717) is 0 Å². The van der Waals surface area contributed by atoms with Gasteiger partial charge in [-0.3, -0.25) is 9.40 Å². The molecule has 0 radical (unpaired) electrons. The molecule has 0 spiro atoms. The molecule has 20 heavy (non-hydrogen) atoms. The maximum absolute atomic E-state index is 12.3. The summed E-state index contributed by atoms with van der Waals surface area (Å²) >= 11 is 0. The number of sulfonamides is 1. The van der Waals surface area contributed by atoms with Crippen molar-refractivity contribution in [3.8, 4) is 0 Å². The summed E-state index contributed by atoms with van der Waals surface area (Å²) in [5, 5.41) is 3.84. The molecule has 1 aromatic heterocycles. The highest BCUT2D eigenvalue weighted by Gasteiger charge is 2.23. The second-order valence-electron chi connectivity index (χ2n) is 4.23. The zero-order valence-corrected chi connectivity index (χ0v) is 12.4. The van der Waals surface area contributed by atoms with Gasteiger partial charge in [-0.2, -0.15) is 5.10 Å². The Balaban J connectivity index is 2.50. The van der Waals surface area contributed by atoms with E-state index in [1.54, 1.807) is 7.05 Å². The lowest BCUT2D eigenvalue weighted by Gasteiger charge is -2.09. The summed E-state index contributed by atoms with van der Waals surface area (Å²) in [5.74, 6) is 0. The van der Waals surface area contributed by atoms with Crippen LogP contribution in [0.25, 0.3) is 0 Å². The van der Waals surface area contributed by atoms with Crippen molar-refractivity contribution in [2.75, 3.05) is 11.0 Å². The standard InChI is InChI=1S/C11H13N3O4S2/c1-14-8-9(7-12-14)13-20(17,18)11-6-4-3-5-10(11)19(2,15)16/h3-8,13H,1-2H3. The SMILES string of the molecule is Cn1cc(NS(=O)(=O)c2ccccc2S(C)(=O)=O)cn1. The van der Waals surface area contributed by atoms with Gasteiger partial charge in [0.05, 0.1) is 16.8 Å². The molecule has 0 saturated carbocycles. The third-order valence-corrected chi connectivity index (χ3v) is 5.22. The largest absolute Gasteiger partial charge is 0.276 e. The molecule has 0 saturated heterocycles. The molecule has 0 bridgehead atoms. The first-order valence-corrected chi connectivity index (χ1v) is 8.88. The predicted octanol–water partition coefficient (Wildman–Crippen LogP) is 0.624. The van der Waals surface area contributed by atoms with E-state index in [-0.39, 0.29) is 15.5 Å². The van der Waals surface area contributed by atoms with Crippen LogP contribution in [0.15, 0.2) is 46.5 Å². The molecule has 0 atom stereocenters. The van der Waals surface area contributed by atoms with Crippen LogP contribution in [-0.4, -0.2) is 32.9 Å². The van der Waals surface area contributed by atoms with E-state index in [2.05, 4.69) is 9.82 Å². The van der Waals surface area contributed by atoms with Gasteiger partial charge in [-0.15, -0.1) is 0 Å². The van der Waals surface area contributed by atoms with Crippen LogP contribution in [0.4, 0.5) is 5.69 Å². The van der Waals surface area contributed by atoms with Gasteiger partial charge >= 0.3 is 0 Å². The van der Waals surface area contributed by atoms with Crippen LogP contribution in [0.5, 0.6) is 0 Å². The van der Waals surface area contributed by atoms with Crippen molar-refractivity contribution < 1.29 is 16.8 Å². The second-order valence-corrected chi connectivity index (χ2v) is 7.86. The zero-order valence-electron chi connectivity index (χ0n) is 10.8. The van der Waals surface area contributed by atoms with Gasteiger partial charge in [0.25, 0.3) is 10.0 Å². The molecule has 1 aromatic carbocycles. The Bertz CT molecular complexity index is 838. The first kappa shape index (κ1) is 14.5. The first-order valence-electron chi connectivity index (χ1n) is 5.51. The number of hydrogen-bond donors (Lipinski definition) is 1. The molecule has 2 aromatic rings. The van der Waals surface area contributed by atoms with Crippen LogP contribution in [0.1, 0.15) is 0 Å². The Morgan fingerprint density at radius 1 is 1.10 bits per heavy atom. The number of nitrogens with zero attached hydrogens (tertiary/aromatic N) is 2. The minimum absolute atomic E-state index is 0.239. The van der Waals surface area contributed by atoms with Crippen molar-refractivity contribution in [3.05, 3.63) is 36.7 Å². The van der Waals surface area contributed by atoms with Crippen LogP contribution in [-0.2, 0) is 26.9 Å². The first-order chi connectivity index (χ1) is 9.20. The van der Waals surface area contributed by atoms with Crippen molar-refractivity contribution in [2.45, 2.75) is 9.79 Å². The molecule has 1 N–H and O–H groups in total. The maximum Gasteiger partial charge on any atom is 0.263 e. The lowest BCUT2D eigenvalue weighted by molar-refractivity contribution is 0.588. The van der Waals surface area contributed by atoms with Gasteiger partial charge in [0, 0.05) is 19.5 Å². The van der Waals surface area contributed by atoms with Crippen molar-refractivity contribution in [2.24, 2.45) is 7.05 Å². The number of rotatable bonds is 4. The maximum atomic E-state index is 12.3. The molecule has 0 amide bonds. The summed E-state index contributed by atoms with van der Waals surface area (Å²) in [4.78, 5) is -0.525. The normalized spacial score (nSPS) is 12.3. The summed E-state index contributed by atoms with van der Waals surface area (Å²) in [6.45, 7) is 0. The monoisotopic (exact) mass is 315 g/mol. The Hall–Kier alpha value is -1.87. The molecule has 1 heterocycles. The van der Waals surface area contributed by atoms with Gasteiger partial charge in [-0.1, -0.05) is 12.1 Å². The van der Waals surface area contributed by atoms with Crippen LogP contribution in [0, 0.1) is 0 Å². The smallest absolute Gasteiger partial charge is 0.263 e. The third kappa shape index (κ3) is 2.99. The summed E-state index contributed by atoms with van der Waals surface area (Å²) in [6.07, 6.45) is 3.77. The summed E-state index contributed by atoms with van der Waals surface area (Å²) in [5.41, 5.74) is 0.260. The van der Waals surface area contributed by atoms with Crippen molar-refractivity contribution in [1.29, 1.82) is 0 Å². The summed E-state index contributed by atoms with van der Waals surface area (Å²) in [7, 11) is -6.00. The molecule has 0 aliphatic rings. The van der Waals surface area contributed by atoms with Gasteiger partial charge in [0.1, 0.15) is 4.90 Å². The van der Waals surface area contributed by atoms with E-state index < -0.39 is 19.9 Å². The molecule has 0 aliphatic carbocycles. The molecule has 7 nitrogen and oxygen atoms in total. The number of nitrogens with one attached hydrogen (secondary N) is 1. The van der Waals surface area contributed by atoms with Crippen LogP contribution in [0.3, 0.4) is 0 Å². The molecule has 9 heteroatoms. The van der Waals surface area contributed by atoms with E-state index >= 15 is 0 Å². The molecule has 0 fully saturated rings. The van der Waals surface area contributed by atoms with Gasteiger partial charge in [-0.05, 0) is 12.1 Å². The van der Waals surface area contributed by atoms with E-state index in [1.807, 2.05) is 0 Å². The Morgan fingerprint density at radius 3 is 2.20 bits per heavy atom. The van der Waals surface area contributed by atoms with Gasteiger partial charge in [0.15, 0.2) is 9.84 Å². The third-order valence-electron chi connectivity index (χ3n) is 2.50. The van der Waals surface area contributed by atoms with Gasteiger partial charge < -0.3 is 0 Å². The number of sulfone groups is 1. The van der Waals surface area contributed by atoms with Crippen LogP contribution in [0.2, 0.25) is 0 Å². The Labute approximate surface area is 117 Å². The lowest BCUT2D eigenvalue weighted by atomic mass is 10.4. The van der Waals surface area contributed by atoms with E-state index in [0.717, 1.165) is 6.26 Å². The number of hydrogen-bond acceptors (Lipinski definition) is 5. The molecule has 108 valence electrons. The molecule has 0 aliphatic heterocycles. The molecular weight excluding hydrogens is 302 g/mol. The average molecular weight is 315 g/mol. The van der Waals surface area contributed by atoms with Crippen molar-refractivity contribution in [1.82, 2.24) is 9.78 Å². The number of aromatic nitrogens is 2. The van der Waals surface area contributed by atoms with E-state index in [4.69, 9.17) is 0 Å². The van der Waals surface area contributed by atoms with Crippen LogP contribution < -0.4 is 4.72 Å². The highest BCUT2D eigenvalue weighted by atomic mass is 32.2. The van der Waals surface area contributed by atoms with Crippen molar-refractivity contribution in [3.63, 3.8) is 0 Å². The number of anilines is 1. The van der Waals surface area contributed by atoms with Gasteiger partial charge in [-0.25, -0.2) is 16.8 Å². The molecular formula is C11H13N3O4S2. The fourth-order valence-electron chi connectivity index (χ4n) is 1.66. The summed E-state index contributed by atoms with van der Waals surface area (Å²) < 4.78 is 51.6. The summed E-state index contributed by atoms with van der Waals surface area (Å²) in [6, 6.07) is 5.44. The number of aryl methyl sites for hydroxylation is 1. The van der Waals surface area contributed by atoms with E-state index in [9.17, 15) is 16.8 Å². The minimum Gasteiger partial charge on any atom is -0.276 e. The number of benzene rings is 1. The molecule has 2 rings (SSSR count). The highest BCUT2D eigenvalue weighted by Crippen LogP contribution is 2.22. The highest BCUT2D eigenvalue weighted by molar-refractivity contribution is 7.95. The van der Waals surface area contributed by atoms with Crippen LogP contribution >= 0.6 is 0 Å². The lowest BCUT2D eigenvalue weighted by Crippen LogP contribution is -2.16. The van der Waals surface area contributed by atoms with E-state index in [1.165, 1.54) is 41.3 Å². The fourth-order valence-corrected chi connectivity index (χ4v) is 4.32. The average Bonchev–Trinajstić information content (AvgIpc) is 2.73. The Morgan fingerprint density at radius 2 is 1.70 bits per heavy atom. The fraction of sp³-hybridized carbons (Fsp3) is 0.182. The zero-order chi connectivity index (χ0) is 15.0. The second kappa shape index (κ2) is 4.91. The topological polar surface area (TPSA) is 98.1 Å². The quantitative estimate of drug-likeness (QED) is 0.892. The minimum atomic E-state index is -4.00. The van der Waals surface area contributed by atoms with Crippen molar-refractivity contribution >= 4 is 25.5 Å². The van der Waals surface area contributed by atoms with Gasteiger partial charge in [0.2, 0.25) is 0 Å². The Kier molecular flexibility index (Phi) is 3.57. The molecule has 0 unspecified atom stereocenters. The predicted molar refractivity (Wildman–Crippen MR) is 73.6 cm³/mol.